The van der Waals surface area contributed by atoms with Crippen molar-refractivity contribution in [1.82, 2.24) is 10.2 Å². The van der Waals surface area contributed by atoms with Crippen molar-refractivity contribution in [1.29, 1.82) is 0 Å². The molecule has 1 rings (SSSR count). The van der Waals surface area contributed by atoms with Crippen LogP contribution < -0.4 is 4.72 Å². The summed E-state index contributed by atoms with van der Waals surface area (Å²) in [6.07, 6.45) is 0.824. The molecular formula is C6H10N3NaO2S2-. The summed E-state index contributed by atoms with van der Waals surface area (Å²) in [6, 6.07) is 0. The zero-order valence-corrected chi connectivity index (χ0v) is 11.9. The van der Waals surface area contributed by atoms with Crippen molar-refractivity contribution in [3.8, 4) is 0 Å². The van der Waals surface area contributed by atoms with E-state index in [0.29, 0.717) is 11.0 Å². The Morgan fingerprint density at radius 2 is 2.21 bits per heavy atom. The molecule has 75 valence electrons. The van der Waals surface area contributed by atoms with Crippen LogP contribution in [0.3, 0.4) is 0 Å². The van der Waals surface area contributed by atoms with Crippen LogP contribution in [0.4, 0.5) is 5.13 Å². The topological polar surface area (TPSA) is 77.9 Å². The van der Waals surface area contributed by atoms with Gasteiger partial charge in [-0.05, 0) is 5.92 Å². The van der Waals surface area contributed by atoms with Crippen LogP contribution in [-0.4, -0.2) is 48.5 Å². The Hall–Kier alpha value is 0.470. The van der Waals surface area contributed by atoms with Crippen molar-refractivity contribution >= 4 is 57.3 Å². The molecule has 1 radical (unpaired) electrons. The van der Waals surface area contributed by atoms with Crippen LogP contribution in [0, 0.1) is 5.92 Å². The van der Waals surface area contributed by atoms with E-state index < -0.39 is 11.3 Å². The average molecular weight is 243 g/mol. The summed E-state index contributed by atoms with van der Waals surface area (Å²) < 4.78 is 22.6. The van der Waals surface area contributed by atoms with E-state index >= 15 is 0 Å². The zero-order valence-electron chi connectivity index (χ0n) is 8.31. The van der Waals surface area contributed by atoms with E-state index in [1.165, 1.54) is 11.3 Å². The van der Waals surface area contributed by atoms with Gasteiger partial charge in [-0.15, -0.1) is 10.2 Å². The summed E-state index contributed by atoms with van der Waals surface area (Å²) in [5, 5.41) is 8.69. The van der Waals surface area contributed by atoms with Gasteiger partial charge in [0.05, 0.1) is 0 Å². The Morgan fingerprint density at radius 1 is 1.57 bits per heavy atom. The molecule has 0 saturated heterocycles. The maximum atomic E-state index is 10.2. The van der Waals surface area contributed by atoms with Gasteiger partial charge in [0.25, 0.3) is 0 Å². The molecule has 0 amide bonds. The van der Waals surface area contributed by atoms with Gasteiger partial charge in [0, 0.05) is 47.2 Å². The third kappa shape index (κ3) is 5.38. The molecule has 0 spiro atoms. The molecule has 1 aromatic rings. The monoisotopic (exact) mass is 243 g/mol. The molecule has 1 atom stereocenters. The van der Waals surface area contributed by atoms with Crippen LogP contribution in [-0.2, 0) is 17.7 Å². The maximum absolute atomic E-state index is 10.2. The first-order chi connectivity index (χ1) is 6.08. The van der Waals surface area contributed by atoms with Gasteiger partial charge >= 0.3 is 0 Å². The van der Waals surface area contributed by atoms with Crippen molar-refractivity contribution in [2.75, 3.05) is 4.72 Å². The predicted molar refractivity (Wildman–Crippen MR) is 56.7 cm³/mol. The molecule has 8 heteroatoms. The number of hydrogen-bond acceptors (Lipinski definition) is 5. The largest absolute Gasteiger partial charge is 0.755 e. The fourth-order valence-electron chi connectivity index (χ4n) is 0.798. The summed E-state index contributed by atoms with van der Waals surface area (Å²) in [7, 11) is 0. The Bertz CT molecular complexity index is 305. The summed E-state index contributed by atoms with van der Waals surface area (Å²) in [4.78, 5) is 0. The summed E-state index contributed by atoms with van der Waals surface area (Å²) in [6.45, 7) is 4.14. The van der Waals surface area contributed by atoms with E-state index in [-0.39, 0.29) is 29.6 Å². The van der Waals surface area contributed by atoms with E-state index in [1.54, 1.807) is 0 Å². The van der Waals surface area contributed by atoms with Crippen LogP contribution >= 0.6 is 11.3 Å². The fourth-order valence-corrected chi connectivity index (χ4v) is 2.16. The Morgan fingerprint density at radius 3 is 2.71 bits per heavy atom. The quantitative estimate of drug-likeness (QED) is 0.619. The van der Waals surface area contributed by atoms with Gasteiger partial charge in [-0.3, -0.25) is 8.93 Å². The number of anilines is 1. The predicted octanol–water partition coefficient (Wildman–Crippen LogP) is 0.562. The number of nitrogens with one attached hydrogen (secondary N) is 1. The molecule has 0 bridgehead atoms. The zero-order chi connectivity index (χ0) is 9.84. The smallest absolute Gasteiger partial charge is 0.216 e. The van der Waals surface area contributed by atoms with Gasteiger partial charge in [0.15, 0.2) is 0 Å². The van der Waals surface area contributed by atoms with Gasteiger partial charge in [-0.1, -0.05) is 25.2 Å². The van der Waals surface area contributed by atoms with E-state index in [9.17, 15) is 8.76 Å². The minimum absolute atomic E-state index is 0. The second kappa shape index (κ2) is 6.86. The second-order valence-electron chi connectivity index (χ2n) is 2.94. The SMILES string of the molecule is CC(C)Cc1nnc(NS(=O)[O-])s1.[Na]. The normalized spacial score (nSPS) is 12.3. The van der Waals surface area contributed by atoms with E-state index in [0.717, 1.165) is 11.4 Å². The molecule has 1 heterocycles. The summed E-state index contributed by atoms with van der Waals surface area (Å²) in [5.41, 5.74) is 0. The molecule has 0 aliphatic rings. The van der Waals surface area contributed by atoms with Crippen LogP contribution in [0.25, 0.3) is 0 Å². The molecule has 0 fully saturated rings. The number of rotatable bonds is 4. The third-order valence-electron chi connectivity index (χ3n) is 1.22. The number of aromatic nitrogens is 2. The van der Waals surface area contributed by atoms with Crippen molar-refractivity contribution in [3.05, 3.63) is 5.01 Å². The average Bonchev–Trinajstić information content (AvgIpc) is 2.33. The Kier molecular flexibility index (Phi) is 7.09. The molecule has 0 saturated carbocycles. The Balaban J connectivity index is 0.00000169. The van der Waals surface area contributed by atoms with E-state index in [2.05, 4.69) is 28.8 Å². The molecule has 1 N–H and O–H groups in total. The van der Waals surface area contributed by atoms with Crippen molar-refractivity contribution in [3.63, 3.8) is 0 Å². The van der Waals surface area contributed by atoms with Gasteiger partial charge in [0.2, 0.25) is 5.13 Å². The van der Waals surface area contributed by atoms with Crippen LogP contribution in [0.2, 0.25) is 0 Å². The van der Waals surface area contributed by atoms with Gasteiger partial charge in [-0.25, -0.2) is 0 Å². The molecule has 14 heavy (non-hydrogen) atoms. The summed E-state index contributed by atoms with van der Waals surface area (Å²) >= 11 is -1.04. The molecule has 0 aliphatic carbocycles. The summed E-state index contributed by atoms with van der Waals surface area (Å²) in [5.74, 6) is 0.499. The fraction of sp³-hybridized carbons (Fsp3) is 0.667. The van der Waals surface area contributed by atoms with Crippen molar-refractivity contribution in [2.45, 2.75) is 20.3 Å². The van der Waals surface area contributed by atoms with Gasteiger partial charge in [0.1, 0.15) is 5.01 Å². The second-order valence-corrected chi connectivity index (χ2v) is 4.67. The first-order valence-electron chi connectivity index (χ1n) is 3.76. The number of nitrogens with zero attached hydrogens (tertiary/aromatic N) is 2. The Labute approximate surface area is 111 Å². The minimum atomic E-state index is -2.31. The van der Waals surface area contributed by atoms with Crippen LogP contribution in [0.15, 0.2) is 0 Å². The molecular weight excluding hydrogens is 233 g/mol. The van der Waals surface area contributed by atoms with Gasteiger partial charge < -0.3 is 4.55 Å². The molecule has 1 aromatic heterocycles. The van der Waals surface area contributed by atoms with Crippen molar-refractivity contribution in [2.24, 2.45) is 5.92 Å². The first-order valence-corrected chi connectivity index (χ1v) is 5.65. The van der Waals surface area contributed by atoms with Crippen molar-refractivity contribution < 1.29 is 8.76 Å². The molecule has 0 aromatic carbocycles. The molecule has 5 nitrogen and oxygen atoms in total. The molecule has 0 aliphatic heterocycles. The molecule has 1 unspecified atom stereocenters. The van der Waals surface area contributed by atoms with E-state index in [4.69, 9.17) is 0 Å². The first kappa shape index (κ1) is 14.5. The van der Waals surface area contributed by atoms with Crippen LogP contribution in [0.1, 0.15) is 18.9 Å². The minimum Gasteiger partial charge on any atom is -0.755 e. The maximum Gasteiger partial charge on any atom is 0.216 e. The third-order valence-corrected chi connectivity index (χ3v) is 2.57. The number of hydrogen-bond donors (Lipinski definition) is 1. The van der Waals surface area contributed by atoms with E-state index in [1.807, 2.05) is 0 Å². The van der Waals surface area contributed by atoms with Crippen LogP contribution in [0.5, 0.6) is 0 Å². The van der Waals surface area contributed by atoms with Gasteiger partial charge in [-0.2, -0.15) is 0 Å². The standard InChI is InChI=1S/C6H11N3O2S2.Na/c1-4(2)3-5-7-8-6(12-5)9-13(10)11;/h4H,3H2,1-2H3,(H,8,9)(H,10,11);/p-1.